The van der Waals surface area contributed by atoms with Crippen molar-refractivity contribution >= 4 is 98.1 Å². The number of anilines is 6. The van der Waals surface area contributed by atoms with Gasteiger partial charge in [0.1, 0.15) is 16.7 Å². The largest absolute Gasteiger partial charge is 0.455 e. The van der Waals surface area contributed by atoms with E-state index in [-0.39, 0.29) is 10.8 Å². The van der Waals surface area contributed by atoms with Gasteiger partial charge < -0.3 is 18.6 Å². The second kappa shape index (κ2) is 18.1. The summed E-state index contributed by atoms with van der Waals surface area (Å²) in [6.07, 6.45) is 14.2. The molecule has 2 heterocycles. The van der Waals surface area contributed by atoms with Crippen LogP contribution >= 0.6 is 20.1 Å². The fourth-order valence-electron chi connectivity index (χ4n) is 13.2. The van der Waals surface area contributed by atoms with Crippen molar-refractivity contribution in [1.82, 2.24) is 0 Å². The van der Waals surface area contributed by atoms with E-state index in [0.717, 1.165) is 89.1 Å². The summed E-state index contributed by atoms with van der Waals surface area (Å²) in [5.74, 6) is 0. The molecule has 0 radical (unpaired) electrons. The Balaban J connectivity index is 1.16. The van der Waals surface area contributed by atoms with E-state index >= 15 is 0 Å². The van der Waals surface area contributed by atoms with Crippen LogP contribution < -0.4 is 9.80 Å². The van der Waals surface area contributed by atoms with Crippen LogP contribution in [0.15, 0.2) is 225 Å². The summed E-state index contributed by atoms with van der Waals surface area (Å²) < 4.78 is 15.0. The van der Waals surface area contributed by atoms with Crippen LogP contribution in [0.5, 0.6) is 0 Å². The maximum atomic E-state index is 7.59. The molecule has 0 atom stereocenters. The van der Waals surface area contributed by atoms with Crippen molar-refractivity contribution in [1.29, 1.82) is 0 Å². The normalized spacial score (nSPS) is 14.2. The second-order valence-electron chi connectivity index (χ2n) is 26.0. The highest BCUT2D eigenvalue weighted by atomic mass is 32.3. The summed E-state index contributed by atoms with van der Waals surface area (Å²) in [6, 6.07) is 77.9. The topological polar surface area (TPSA) is 32.8 Å². The van der Waals surface area contributed by atoms with Crippen LogP contribution in [-0.2, 0) is 16.2 Å². The molecule has 404 valence electrons. The summed E-state index contributed by atoms with van der Waals surface area (Å²) in [4.78, 5) is 7.69. The third-order valence-electron chi connectivity index (χ3n) is 17.3. The average molecular weight is 1100 g/mol. The molecular weight excluding hydrogens is 1020 g/mol. The molecular formula is C75H70N2O2S2. The molecule has 6 heteroatoms. The molecule has 0 unspecified atom stereocenters. The molecule has 12 aromatic rings. The van der Waals surface area contributed by atoms with Gasteiger partial charge in [-0.15, -0.1) is 0 Å². The summed E-state index contributed by atoms with van der Waals surface area (Å²) in [5, 5.41) is 4.29. The molecule has 1 spiro atoms. The van der Waals surface area contributed by atoms with Gasteiger partial charge in [0.2, 0.25) is 0 Å². The Bertz CT molecular complexity index is 4320. The monoisotopic (exact) mass is 1090 g/mol. The molecule has 10 aromatic carbocycles. The molecule has 2 aliphatic rings. The van der Waals surface area contributed by atoms with Crippen molar-refractivity contribution in [3.63, 3.8) is 0 Å². The van der Waals surface area contributed by atoms with E-state index in [1.807, 2.05) is 0 Å². The number of nitrogens with zero attached hydrogens (tertiary/aromatic N) is 2. The van der Waals surface area contributed by atoms with E-state index in [0.29, 0.717) is 0 Å². The Labute approximate surface area is 480 Å². The van der Waals surface area contributed by atoms with Gasteiger partial charge in [0.25, 0.3) is 0 Å². The molecule has 0 aliphatic heterocycles. The zero-order chi connectivity index (χ0) is 56.1. The SMILES string of the molecule is CC(C)(C)c1ccc(N(c2ccc(S(C)(C)C)cc2)c2cc3c(c4c2oc2ccccc24)-c2c(cc(N(c4ccc(C(C)(C)C)cc4)c4ccc(S(C)(C)C)cc4)c4c2oc2ccccc24)C32c3ccccc3-c3ccccc32)cc1. The second-order valence-corrected chi connectivity index (χ2v) is 34.3. The predicted molar refractivity (Wildman–Crippen MR) is 351 cm³/mol. The van der Waals surface area contributed by atoms with Crippen LogP contribution in [0.2, 0.25) is 0 Å². The first-order valence-corrected chi connectivity index (χ1v) is 34.0. The Kier molecular flexibility index (Phi) is 11.4. The van der Waals surface area contributed by atoms with E-state index in [1.165, 1.54) is 54.3 Å². The molecule has 0 saturated heterocycles. The fourth-order valence-corrected chi connectivity index (χ4v) is 15.2. The van der Waals surface area contributed by atoms with Gasteiger partial charge in [-0.25, -0.2) is 20.1 Å². The molecule has 2 aliphatic carbocycles. The van der Waals surface area contributed by atoms with Crippen molar-refractivity contribution < 1.29 is 8.83 Å². The number of hydrogen-bond donors (Lipinski definition) is 0. The van der Waals surface area contributed by atoms with Crippen LogP contribution in [-0.4, -0.2) is 37.5 Å². The van der Waals surface area contributed by atoms with Gasteiger partial charge in [0.15, 0.2) is 5.58 Å². The smallest absolute Gasteiger partial charge is 0.160 e. The summed E-state index contributed by atoms with van der Waals surface area (Å²) in [6.45, 7) is 13.7. The van der Waals surface area contributed by atoms with Crippen LogP contribution in [0.3, 0.4) is 0 Å². The zero-order valence-electron chi connectivity index (χ0n) is 48.7. The molecule has 0 N–H and O–H groups in total. The van der Waals surface area contributed by atoms with Gasteiger partial charge in [-0.3, -0.25) is 0 Å². The van der Waals surface area contributed by atoms with Gasteiger partial charge in [-0.05, 0) is 200 Å². The van der Waals surface area contributed by atoms with Crippen LogP contribution in [0.4, 0.5) is 34.1 Å². The first-order valence-electron chi connectivity index (χ1n) is 28.3. The van der Waals surface area contributed by atoms with Crippen molar-refractivity contribution in [2.45, 2.75) is 67.6 Å². The standard InChI is InChI=1S/C75H70N2O2S2/c1-73(2,3)47-29-33-49(34-30-47)76(51-37-41-53(42-38-51)80(7,8)9)63-45-62-70(72-67(63)57-23-15-19-27-65(57)79-72)69-61(75(62)59-25-17-13-21-55(59)56-22-14-18-26-60(56)75)46-64(71-68(69)58-24-16-20-28-66(58)78-71)77(50-35-31-48(32-36-50)74(4,5)6)52-39-43-54(44-40-52)81(10,11)12/h13-46H,1-12H3. The van der Waals surface area contributed by atoms with E-state index < -0.39 is 25.5 Å². The van der Waals surface area contributed by atoms with E-state index in [2.05, 4.69) is 295 Å². The number of para-hydroxylation sites is 2. The fraction of sp³-hybridized carbons (Fsp3) is 0.200. The summed E-state index contributed by atoms with van der Waals surface area (Å²) >= 11 is 0. The highest BCUT2D eigenvalue weighted by Crippen LogP contribution is 2.68. The van der Waals surface area contributed by atoms with Gasteiger partial charge in [-0.2, -0.15) is 0 Å². The molecule has 2 aromatic heterocycles. The molecule has 0 fully saturated rings. The Morgan fingerprint density at radius 2 is 0.728 bits per heavy atom. The molecule has 0 saturated carbocycles. The molecule has 0 bridgehead atoms. The lowest BCUT2D eigenvalue weighted by atomic mass is 9.70. The van der Waals surface area contributed by atoms with Crippen molar-refractivity contribution in [2.75, 3.05) is 47.3 Å². The maximum Gasteiger partial charge on any atom is 0.160 e. The lowest BCUT2D eigenvalue weighted by Gasteiger charge is -2.34. The predicted octanol–water partition coefficient (Wildman–Crippen LogP) is 21.5. The Morgan fingerprint density at radius 1 is 0.358 bits per heavy atom. The van der Waals surface area contributed by atoms with Gasteiger partial charge >= 0.3 is 0 Å². The minimum atomic E-state index is -0.997. The number of hydrogen-bond acceptors (Lipinski definition) is 4. The van der Waals surface area contributed by atoms with Gasteiger partial charge in [0, 0.05) is 50.0 Å². The highest BCUT2D eigenvalue weighted by molar-refractivity contribution is 8.32. The number of fused-ring (bicyclic) bond motifs is 18. The quantitative estimate of drug-likeness (QED) is 0.152. The van der Waals surface area contributed by atoms with Crippen molar-refractivity contribution in [3.05, 3.63) is 240 Å². The van der Waals surface area contributed by atoms with Gasteiger partial charge in [-0.1, -0.05) is 151 Å². The minimum absolute atomic E-state index is 0.0206. The Hall–Kier alpha value is -7.90. The van der Waals surface area contributed by atoms with Crippen molar-refractivity contribution in [3.8, 4) is 22.3 Å². The molecule has 4 nitrogen and oxygen atoms in total. The van der Waals surface area contributed by atoms with E-state index in [9.17, 15) is 0 Å². The first kappa shape index (κ1) is 51.3. The van der Waals surface area contributed by atoms with E-state index in [4.69, 9.17) is 8.83 Å². The summed E-state index contributed by atoms with van der Waals surface area (Å²) in [7, 11) is -1.99. The number of furan rings is 2. The van der Waals surface area contributed by atoms with Crippen LogP contribution in [0, 0.1) is 0 Å². The highest BCUT2D eigenvalue weighted by Gasteiger charge is 2.54. The van der Waals surface area contributed by atoms with Gasteiger partial charge in [0.05, 0.1) is 22.2 Å². The minimum Gasteiger partial charge on any atom is -0.455 e. The average Bonchev–Trinajstić information content (AvgIpc) is 3.76. The lowest BCUT2D eigenvalue weighted by molar-refractivity contribution is 0.590. The number of rotatable bonds is 8. The number of benzene rings is 10. The molecule has 14 rings (SSSR count). The Morgan fingerprint density at radius 3 is 1.19 bits per heavy atom. The first-order chi connectivity index (χ1) is 38.7. The maximum absolute atomic E-state index is 7.59. The summed E-state index contributed by atoms with van der Waals surface area (Å²) in [5.41, 5.74) is 21.1. The van der Waals surface area contributed by atoms with Crippen molar-refractivity contribution in [2.24, 2.45) is 0 Å². The zero-order valence-corrected chi connectivity index (χ0v) is 50.3. The molecule has 81 heavy (non-hydrogen) atoms. The molecule has 0 amide bonds. The van der Waals surface area contributed by atoms with Crippen LogP contribution in [0.1, 0.15) is 74.9 Å². The third-order valence-corrected chi connectivity index (χ3v) is 20.7. The van der Waals surface area contributed by atoms with E-state index in [1.54, 1.807) is 0 Å². The lowest BCUT2D eigenvalue weighted by Crippen LogP contribution is -2.26. The van der Waals surface area contributed by atoms with Crippen LogP contribution in [0.25, 0.3) is 66.1 Å². The third kappa shape index (κ3) is 7.88.